The van der Waals surface area contributed by atoms with Crippen molar-refractivity contribution in [3.8, 4) is 5.88 Å². The maximum absolute atomic E-state index is 12.7. The third kappa shape index (κ3) is 3.01. The molecule has 116 valence electrons. The number of nitrogens with zero attached hydrogens (tertiary/aromatic N) is 2. The predicted octanol–water partition coefficient (Wildman–Crippen LogP) is 3.52. The number of hydrogen-bond donors (Lipinski definition) is 0. The first kappa shape index (κ1) is 15.0. The molecule has 3 aromatic rings. The summed E-state index contributed by atoms with van der Waals surface area (Å²) in [5.41, 5.74) is 1.58. The number of carbonyl (C=O) groups excluding carboxylic acids is 1. The van der Waals surface area contributed by atoms with Crippen LogP contribution in [0.25, 0.3) is 10.8 Å². The molecule has 4 heteroatoms. The minimum absolute atomic E-state index is 0.108. The molecular weight excluding hydrogens is 288 g/mol. The molecule has 0 aliphatic carbocycles. The number of hydrogen-bond acceptors (Lipinski definition) is 3. The van der Waals surface area contributed by atoms with E-state index in [4.69, 9.17) is 4.74 Å². The van der Waals surface area contributed by atoms with Crippen molar-refractivity contribution in [1.29, 1.82) is 0 Å². The van der Waals surface area contributed by atoms with Gasteiger partial charge < -0.3 is 9.64 Å². The molecule has 0 atom stereocenters. The van der Waals surface area contributed by atoms with Crippen LogP contribution in [0.1, 0.15) is 15.9 Å². The number of methoxy groups -OCH3 is 1. The average molecular weight is 306 g/mol. The minimum Gasteiger partial charge on any atom is -0.480 e. The van der Waals surface area contributed by atoms with E-state index >= 15 is 0 Å². The molecule has 1 amide bonds. The summed E-state index contributed by atoms with van der Waals surface area (Å²) >= 11 is 0. The van der Waals surface area contributed by atoms with Crippen LogP contribution in [0.2, 0.25) is 0 Å². The van der Waals surface area contributed by atoms with E-state index in [0.717, 1.165) is 10.9 Å². The summed E-state index contributed by atoms with van der Waals surface area (Å²) in [6, 6.07) is 17.8. The van der Waals surface area contributed by atoms with Crippen LogP contribution in [0.4, 0.5) is 0 Å². The lowest BCUT2D eigenvalue weighted by atomic mass is 10.0. The summed E-state index contributed by atoms with van der Waals surface area (Å²) in [6.07, 6.45) is 1.61. The van der Waals surface area contributed by atoms with Crippen LogP contribution in [-0.4, -0.2) is 29.9 Å². The Bertz CT molecular complexity index is 840. The van der Waals surface area contributed by atoms with Crippen LogP contribution in [0, 0.1) is 0 Å². The predicted molar refractivity (Wildman–Crippen MR) is 90.5 cm³/mol. The fourth-order valence-corrected chi connectivity index (χ4v) is 2.68. The standard InChI is InChI=1S/C19H18N2O2/c1-21(19(22)17-11-6-12-20-18(17)23-2)13-15-9-5-8-14-7-3-4-10-16(14)15/h3-12H,13H2,1-2H3. The first-order chi connectivity index (χ1) is 11.2. The number of carbonyl (C=O) groups is 1. The van der Waals surface area contributed by atoms with Gasteiger partial charge in [-0.15, -0.1) is 0 Å². The van der Waals surface area contributed by atoms with E-state index in [9.17, 15) is 4.79 Å². The molecule has 0 radical (unpaired) electrons. The molecule has 0 saturated heterocycles. The third-order valence-electron chi connectivity index (χ3n) is 3.83. The van der Waals surface area contributed by atoms with Gasteiger partial charge in [-0.3, -0.25) is 4.79 Å². The van der Waals surface area contributed by atoms with Gasteiger partial charge in [-0.1, -0.05) is 42.5 Å². The molecule has 4 nitrogen and oxygen atoms in total. The van der Waals surface area contributed by atoms with Crippen molar-refractivity contribution in [2.45, 2.75) is 6.54 Å². The fraction of sp³-hybridized carbons (Fsp3) is 0.158. The molecule has 3 rings (SSSR count). The highest BCUT2D eigenvalue weighted by Gasteiger charge is 2.17. The van der Waals surface area contributed by atoms with Gasteiger partial charge in [-0.05, 0) is 28.5 Å². The summed E-state index contributed by atoms with van der Waals surface area (Å²) in [5.74, 6) is 0.241. The summed E-state index contributed by atoms with van der Waals surface area (Å²) in [6.45, 7) is 0.526. The van der Waals surface area contributed by atoms with E-state index in [2.05, 4.69) is 23.2 Å². The van der Waals surface area contributed by atoms with Gasteiger partial charge in [-0.2, -0.15) is 0 Å². The van der Waals surface area contributed by atoms with Crippen molar-refractivity contribution >= 4 is 16.7 Å². The molecule has 2 aromatic carbocycles. The van der Waals surface area contributed by atoms with Crippen molar-refractivity contribution in [1.82, 2.24) is 9.88 Å². The van der Waals surface area contributed by atoms with Gasteiger partial charge in [0.05, 0.1) is 7.11 Å². The number of amides is 1. The second kappa shape index (κ2) is 6.48. The second-order valence-electron chi connectivity index (χ2n) is 5.36. The van der Waals surface area contributed by atoms with Gasteiger partial charge in [0, 0.05) is 19.8 Å². The Morgan fingerprint density at radius 2 is 1.87 bits per heavy atom. The highest BCUT2D eigenvalue weighted by molar-refractivity contribution is 5.96. The highest BCUT2D eigenvalue weighted by Crippen LogP contribution is 2.21. The second-order valence-corrected chi connectivity index (χ2v) is 5.36. The zero-order valence-electron chi connectivity index (χ0n) is 13.2. The molecule has 0 aliphatic heterocycles. The lowest BCUT2D eigenvalue weighted by Crippen LogP contribution is -2.26. The number of fused-ring (bicyclic) bond motifs is 1. The topological polar surface area (TPSA) is 42.4 Å². The van der Waals surface area contributed by atoms with Crippen LogP contribution >= 0.6 is 0 Å². The lowest BCUT2D eigenvalue weighted by Gasteiger charge is -2.19. The van der Waals surface area contributed by atoms with Crippen LogP contribution in [0.5, 0.6) is 5.88 Å². The Hall–Kier alpha value is -2.88. The highest BCUT2D eigenvalue weighted by atomic mass is 16.5. The van der Waals surface area contributed by atoms with Gasteiger partial charge >= 0.3 is 0 Å². The first-order valence-electron chi connectivity index (χ1n) is 7.42. The van der Waals surface area contributed by atoms with Crippen LogP contribution in [-0.2, 0) is 6.54 Å². The Balaban J connectivity index is 1.88. The van der Waals surface area contributed by atoms with Crippen molar-refractivity contribution in [3.05, 3.63) is 71.9 Å². The van der Waals surface area contributed by atoms with E-state index in [0.29, 0.717) is 18.0 Å². The van der Waals surface area contributed by atoms with Gasteiger partial charge in [0.15, 0.2) is 0 Å². The van der Waals surface area contributed by atoms with Crippen molar-refractivity contribution in [3.63, 3.8) is 0 Å². The van der Waals surface area contributed by atoms with Crippen molar-refractivity contribution < 1.29 is 9.53 Å². The molecule has 23 heavy (non-hydrogen) atoms. The molecule has 1 aromatic heterocycles. The molecular formula is C19H18N2O2. The Morgan fingerprint density at radius 1 is 1.09 bits per heavy atom. The Labute approximate surface area is 135 Å². The van der Waals surface area contributed by atoms with Crippen molar-refractivity contribution in [2.24, 2.45) is 0 Å². The van der Waals surface area contributed by atoms with Gasteiger partial charge in [-0.25, -0.2) is 4.98 Å². The van der Waals surface area contributed by atoms with Gasteiger partial charge in [0.1, 0.15) is 5.56 Å². The van der Waals surface area contributed by atoms with E-state index in [1.54, 1.807) is 30.3 Å². The fourth-order valence-electron chi connectivity index (χ4n) is 2.68. The van der Waals surface area contributed by atoms with Gasteiger partial charge in [0.2, 0.25) is 5.88 Å². The van der Waals surface area contributed by atoms with Gasteiger partial charge in [0.25, 0.3) is 5.91 Å². The average Bonchev–Trinajstić information content (AvgIpc) is 2.61. The van der Waals surface area contributed by atoms with Crippen LogP contribution in [0.3, 0.4) is 0 Å². The van der Waals surface area contributed by atoms with E-state index < -0.39 is 0 Å². The smallest absolute Gasteiger partial charge is 0.259 e. The summed E-state index contributed by atoms with van der Waals surface area (Å²) in [7, 11) is 3.31. The third-order valence-corrected chi connectivity index (χ3v) is 3.83. The normalized spacial score (nSPS) is 10.5. The summed E-state index contributed by atoms with van der Waals surface area (Å²) in [5, 5.41) is 2.33. The largest absolute Gasteiger partial charge is 0.480 e. The SMILES string of the molecule is COc1ncccc1C(=O)N(C)Cc1cccc2ccccc12. The maximum atomic E-state index is 12.7. The van der Waals surface area contributed by atoms with Crippen LogP contribution < -0.4 is 4.74 Å². The van der Waals surface area contributed by atoms with E-state index in [1.165, 1.54) is 12.5 Å². The molecule has 0 N–H and O–H groups in total. The Kier molecular flexibility index (Phi) is 4.24. The van der Waals surface area contributed by atoms with E-state index in [-0.39, 0.29) is 5.91 Å². The summed E-state index contributed by atoms with van der Waals surface area (Å²) < 4.78 is 5.18. The molecule has 0 saturated carbocycles. The number of rotatable bonds is 4. The zero-order chi connectivity index (χ0) is 16.2. The molecule has 0 fully saturated rings. The monoisotopic (exact) mass is 306 g/mol. The van der Waals surface area contributed by atoms with Crippen LogP contribution in [0.15, 0.2) is 60.8 Å². The number of aromatic nitrogens is 1. The zero-order valence-corrected chi connectivity index (χ0v) is 13.2. The lowest BCUT2D eigenvalue weighted by molar-refractivity contribution is 0.0781. The number of benzene rings is 2. The minimum atomic E-state index is -0.108. The molecule has 0 unspecified atom stereocenters. The molecule has 0 bridgehead atoms. The first-order valence-corrected chi connectivity index (χ1v) is 7.42. The molecule has 0 aliphatic rings. The van der Waals surface area contributed by atoms with Crippen molar-refractivity contribution in [2.75, 3.05) is 14.2 Å². The molecule has 0 spiro atoms. The Morgan fingerprint density at radius 3 is 2.70 bits per heavy atom. The quantitative estimate of drug-likeness (QED) is 0.740. The number of pyridine rings is 1. The maximum Gasteiger partial charge on any atom is 0.259 e. The number of ether oxygens (including phenoxy) is 1. The van der Waals surface area contributed by atoms with E-state index in [1.807, 2.05) is 24.3 Å². The molecule has 1 heterocycles. The summed E-state index contributed by atoms with van der Waals surface area (Å²) in [4.78, 5) is 18.4.